The molecule has 0 atom stereocenters. The van der Waals surface area contributed by atoms with Gasteiger partial charge in [0.15, 0.2) is 9.84 Å². The van der Waals surface area contributed by atoms with Gasteiger partial charge < -0.3 is 4.74 Å². The average molecular weight is 349 g/mol. The van der Waals surface area contributed by atoms with E-state index in [1.54, 1.807) is 18.2 Å². The van der Waals surface area contributed by atoms with Gasteiger partial charge >= 0.3 is 5.97 Å². The lowest BCUT2D eigenvalue weighted by Gasteiger charge is -2.09. The zero-order valence-corrected chi connectivity index (χ0v) is 13.5. The largest absolute Gasteiger partial charge is 0.465 e. The predicted molar refractivity (Wildman–Crippen MR) is 77.8 cm³/mol. The Morgan fingerprint density at radius 2 is 2.00 bits per heavy atom. The molecule has 1 aromatic carbocycles. The first-order valence-electron chi connectivity index (χ1n) is 5.82. The Balaban J connectivity index is 2.95. The summed E-state index contributed by atoms with van der Waals surface area (Å²) in [5.41, 5.74) is 1.03. The van der Waals surface area contributed by atoms with Crippen LogP contribution in [0.2, 0.25) is 0 Å². The summed E-state index contributed by atoms with van der Waals surface area (Å²) in [6, 6.07) is 4.77. The van der Waals surface area contributed by atoms with Gasteiger partial charge in [0, 0.05) is 4.47 Å². The van der Waals surface area contributed by atoms with Crippen LogP contribution in [0, 0.1) is 5.92 Å². The van der Waals surface area contributed by atoms with Crippen LogP contribution in [0.1, 0.15) is 29.8 Å². The standard InChI is InChI=1S/C13H17BrO4S/c1-9(2)7-19(16,17)8-11-5-4-10(6-12(11)14)13(15)18-3/h4-6,9H,7-8H2,1-3H3. The van der Waals surface area contributed by atoms with Crippen molar-refractivity contribution < 1.29 is 17.9 Å². The number of ether oxygens (including phenoxy) is 1. The van der Waals surface area contributed by atoms with Gasteiger partial charge in [-0.2, -0.15) is 0 Å². The number of sulfone groups is 1. The molecule has 0 unspecified atom stereocenters. The normalized spacial score (nSPS) is 11.6. The average Bonchev–Trinajstić information content (AvgIpc) is 2.28. The summed E-state index contributed by atoms with van der Waals surface area (Å²) in [7, 11) is -1.84. The molecule has 0 radical (unpaired) electrons. The first kappa shape index (κ1) is 16.2. The van der Waals surface area contributed by atoms with Crippen LogP contribution < -0.4 is 0 Å². The molecule has 0 saturated heterocycles. The molecule has 0 aliphatic rings. The number of hydrogen-bond acceptors (Lipinski definition) is 4. The molecular formula is C13H17BrO4S. The number of methoxy groups -OCH3 is 1. The van der Waals surface area contributed by atoms with Gasteiger partial charge in [0.2, 0.25) is 0 Å². The van der Waals surface area contributed by atoms with Gasteiger partial charge in [0.1, 0.15) is 0 Å². The topological polar surface area (TPSA) is 60.4 Å². The molecule has 1 aromatic rings. The van der Waals surface area contributed by atoms with E-state index in [9.17, 15) is 13.2 Å². The van der Waals surface area contributed by atoms with Crippen molar-refractivity contribution in [3.05, 3.63) is 33.8 Å². The molecule has 4 nitrogen and oxygen atoms in total. The summed E-state index contributed by atoms with van der Waals surface area (Å²) in [4.78, 5) is 11.3. The van der Waals surface area contributed by atoms with Crippen LogP contribution in [0.15, 0.2) is 22.7 Å². The summed E-state index contributed by atoms with van der Waals surface area (Å²) in [6.07, 6.45) is 0. The second-order valence-electron chi connectivity index (χ2n) is 4.75. The number of carbonyl (C=O) groups is 1. The van der Waals surface area contributed by atoms with Gasteiger partial charge in [-0.05, 0) is 23.6 Å². The van der Waals surface area contributed by atoms with Crippen molar-refractivity contribution in [1.82, 2.24) is 0 Å². The molecule has 1 rings (SSSR count). The van der Waals surface area contributed by atoms with Gasteiger partial charge in [0.05, 0.1) is 24.2 Å². The van der Waals surface area contributed by atoms with Crippen molar-refractivity contribution >= 4 is 31.7 Å². The van der Waals surface area contributed by atoms with Crippen molar-refractivity contribution in [3.8, 4) is 0 Å². The van der Waals surface area contributed by atoms with E-state index in [4.69, 9.17) is 0 Å². The molecule has 0 spiro atoms. The SMILES string of the molecule is COC(=O)c1ccc(CS(=O)(=O)CC(C)C)c(Br)c1. The minimum atomic E-state index is -3.14. The molecule has 106 valence electrons. The van der Waals surface area contributed by atoms with Gasteiger partial charge in [-0.1, -0.05) is 35.8 Å². The van der Waals surface area contributed by atoms with E-state index in [1.807, 2.05) is 13.8 Å². The van der Waals surface area contributed by atoms with Crippen molar-refractivity contribution in [2.45, 2.75) is 19.6 Å². The summed E-state index contributed by atoms with van der Waals surface area (Å²) >= 11 is 3.29. The molecule has 0 fully saturated rings. The maximum Gasteiger partial charge on any atom is 0.337 e. The number of rotatable bonds is 5. The van der Waals surface area contributed by atoms with E-state index in [0.29, 0.717) is 15.6 Å². The van der Waals surface area contributed by atoms with Crippen LogP contribution in [0.25, 0.3) is 0 Å². The van der Waals surface area contributed by atoms with Crippen molar-refractivity contribution in [1.29, 1.82) is 0 Å². The lowest BCUT2D eigenvalue weighted by Crippen LogP contribution is -2.14. The molecule has 0 N–H and O–H groups in total. The van der Waals surface area contributed by atoms with E-state index >= 15 is 0 Å². The molecule has 0 aliphatic carbocycles. The smallest absolute Gasteiger partial charge is 0.337 e. The Hall–Kier alpha value is -0.880. The molecule has 0 bridgehead atoms. The van der Waals surface area contributed by atoms with E-state index in [2.05, 4.69) is 20.7 Å². The molecule has 6 heteroatoms. The second-order valence-corrected chi connectivity index (χ2v) is 7.71. The highest BCUT2D eigenvalue weighted by molar-refractivity contribution is 9.10. The fourth-order valence-electron chi connectivity index (χ4n) is 1.71. The summed E-state index contributed by atoms with van der Waals surface area (Å²) in [5, 5.41) is 0. The maximum absolute atomic E-state index is 11.9. The fourth-order valence-corrected chi connectivity index (χ4v) is 4.28. The van der Waals surface area contributed by atoms with Gasteiger partial charge in [-0.25, -0.2) is 13.2 Å². The van der Waals surface area contributed by atoms with Crippen molar-refractivity contribution in [2.75, 3.05) is 12.9 Å². The van der Waals surface area contributed by atoms with Crippen LogP contribution in [0.5, 0.6) is 0 Å². The van der Waals surface area contributed by atoms with E-state index < -0.39 is 15.8 Å². The molecule has 0 heterocycles. The lowest BCUT2D eigenvalue weighted by atomic mass is 10.1. The maximum atomic E-state index is 11.9. The summed E-state index contributed by atoms with van der Waals surface area (Å²) in [6.45, 7) is 3.74. The minimum absolute atomic E-state index is 0.0345. The van der Waals surface area contributed by atoms with Crippen LogP contribution in [-0.4, -0.2) is 27.2 Å². The molecule has 19 heavy (non-hydrogen) atoms. The van der Waals surface area contributed by atoms with Gasteiger partial charge in [-0.3, -0.25) is 0 Å². The van der Waals surface area contributed by atoms with Crippen LogP contribution in [0.3, 0.4) is 0 Å². The third-order valence-electron chi connectivity index (χ3n) is 2.44. The van der Waals surface area contributed by atoms with E-state index in [1.165, 1.54) is 7.11 Å². The second kappa shape index (κ2) is 6.52. The third kappa shape index (κ3) is 4.95. The minimum Gasteiger partial charge on any atom is -0.465 e. The van der Waals surface area contributed by atoms with Crippen LogP contribution in [0.4, 0.5) is 0 Å². The fraction of sp³-hybridized carbons (Fsp3) is 0.462. The monoisotopic (exact) mass is 348 g/mol. The Kier molecular flexibility index (Phi) is 5.55. The zero-order valence-electron chi connectivity index (χ0n) is 11.1. The number of carbonyl (C=O) groups excluding carboxylic acids is 1. The van der Waals surface area contributed by atoms with Gasteiger partial charge in [-0.15, -0.1) is 0 Å². The van der Waals surface area contributed by atoms with Gasteiger partial charge in [0.25, 0.3) is 0 Å². The molecule has 0 saturated carbocycles. The quantitative estimate of drug-likeness (QED) is 0.767. The molecule has 0 aromatic heterocycles. The highest BCUT2D eigenvalue weighted by Crippen LogP contribution is 2.22. The summed E-state index contributed by atoms with van der Waals surface area (Å²) < 4.78 is 29.1. The Labute approximate surface area is 122 Å². The molecular weight excluding hydrogens is 332 g/mol. The van der Waals surface area contributed by atoms with Crippen molar-refractivity contribution in [2.24, 2.45) is 5.92 Å². The first-order valence-corrected chi connectivity index (χ1v) is 8.44. The number of halogens is 1. The van der Waals surface area contributed by atoms with Crippen LogP contribution in [-0.2, 0) is 20.3 Å². The Morgan fingerprint density at radius 1 is 1.37 bits per heavy atom. The number of hydrogen-bond donors (Lipinski definition) is 0. The zero-order chi connectivity index (χ0) is 14.6. The molecule has 0 amide bonds. The summed E-state index contributed by atoms with van der Waals surface area (Å²) in [5.74, 6) is -0.235. The van der Waals surface area contributed by atoms with Crippen molar-refractivity contribution in [3.63, 3.8) is 0 Å². The Morgan fingerprint density at radius 3 is 2.47 bits per heavy atom. The number of benzene rings is 1. The van der Waals surface area contributed by atoms with E-state index in [-0.39, 0.29) is 17.4 Å². The lowest BCUT2D eigenvalue weighted by molar-refractivity contribution is 0.0600. The van der Waals surface area contributed by atoms with E-state index in [0.717, 1.165) is 0 Å². The third-order valence-corrected chi connectivity index (χ3v) is 5.10. The first-order chi connectivity index (χ1) is 8.75. The highest BCUT2D eigenvalue weighted by atomic mass is 79.9. The Bertz CT molecular complexity index is 564. The highest BCUT2D eigenvalue weighted by Gasteiger charge is 2.17. The molecule has 0 aliphatic heterocycles. The number of esters is 1. The predicted octanol–water partition coefficient (Wildman–Crippen LogP) is 2.81. The van der Waals surface area contributed by atoms with Crippen LogP contribution >= 0.6 is 15.9 Å².